The van der Waals surface area contributed by atoms with Gasteiger partial charge in [0, 0.05) is 5.70 Å². The normalized spacial score (nSPS) is 17.8. The minimum absolute atomic E-state index is 0.0389. The van der Waals surface area contributed by atoms with Crippen molar-refractivity contribution in [1.29, 1.82) is 0 Å². The number of rotatable bonds is 3. The third-order valence-corrected chi connectivity index (χ3v) is 3.91. The topological polar surface area (TPSA) is 92.5 Å². The third kappa shape index (κ3) is 2.61. The Morgan fingerprint density at radius 2 is 1.79 bits per heavy atom. The lowest BCUT2D eigenvalue weighted by Crippen LogP contribution is -2.31. The number of nitrogens with one attached hydrogen (secondary N) is 1. The molecule has 0 aromatic heterocycles. The number of benzene rings is 1. The standard InChI is InChI=1S/C15H13F3N2O4/c1-5-8(4-9(16)13(18)12(5)17)11-10(15(21)22)6(2)19-7(3)14(11)20(23)24/h4,11,19H,1-3H3,(H,21,22). The van der Waals surface area contributed by atoms with Crippen molar-refractivity contribution in [2.45, 2.75) is 26.7 Å². The molecule has 0 spiro atoms. The SMILES string of the molecule is CC1=C(C(=O)O)C(c2cc(F)c(F)c(F)c2C)C([N+](=O)[O-])=C(C)N1. The smallest absolute Gasteiger partial charge is 0.334 e. The van der Waals surface area contributed by atoms with E-state index < -0.39 is 45.5 Å². The minimum Gasteiger partial charge on any atom is -0.478 e. The van der Waals surface area contributed by atoms with E-state index >= 15 is 0 Å². The van der Waals surface area contributed by atoms with Crippen molar-refractivity contribution in [3.05, 3.63) is 67.4 Å². The molecule has 0 radical (unpaired) electrons. The van der Waals surface area contributed by atoms with E-state index in [4.69, 9.17) is 0 Å². The maximum absolute atomic E-state index is 13.9. The van der Waals surface area contributed by atoms with Crippen LogP contribution in [-0.2, 0) is 4.79 Å². The van der Waals surface area contributed by atoms with Crippen LogP contribution in [0, 0.1) is 34.5 Å². The highest BCUT2D eigenvalue weighted by atomic mass is 19.2. The quantitative estimate of drug-likeness (QED) is 0.500. The number of aliphatic carboxylic acids is 1. The molecule has 1 heterocycles. The summed E-state index contributed by atoms with van der Waals surface area (Å²) < 4.78 is 40.9. The van der Waals surface area contributed by atoms with Gasteiger partial charge in [-0.2, -0.15) is 0 Å². The molecule has 2 N–H and O–H groups in total. The largest absolute Gasteiger partial charge is 0.478 e. The average Bonchev–Trinajstić information content (AvgIpc) is 2.47. The lowest BCUT2D eigenvalue weighted by Gasteiger charge is -2.26. The van der Waals surface area contributed by atoms with Crippen LogP contribution in [0.15, 0.2) is 28.7 Å². The molecule has 0 saturated carbocycles. The van der Waals surface area contributed by atoms with E-state index in [0.717, 1.165) is 6.92 Å². The van der Waals surface area contributed by atoms with Gasteiger partial charge in [0.05, 0.1) is 16.2 Å². The lowest BCUT2D eigenvalue weighted by atomic mass is 9.82. The zero-order chi connectivity index (χ0) is 18.3. The zero-order valence-corrected chi connectivity index (χ0v) is 12.9. The highest BCUT2D eigenvalue weighted by Gasteiger charge is 2.42. The summed E-state index contributed by atoms with van der Waals surface area (Å²) in [5.74, 6) is -7.79. The molecule has 6 nitrogen and oxygen atoms in total. The Kier molecular flexibility index (Phi) is 4.37. The number of dihydropyridines is 1. The Labute approximate surface area is 134 Å². The molecule has 0 bridgehead atoms. The van der Waals surface area contributed by atoms with Crippen LogP contribution in [0.5, 0.6) is 0 Å². The second-order valence-corrected chi connectivity index (χ2v) is 5.37. The summed E-state index contributed by atoms with van der Waals surface area (Å²) in [6, 6.07) is 0.594. The van der Waals surface area contributed by atoms with Crippen LogP contribution in [-0.4, -0.2) is 16.0 Å². The molecule has 24 heavy (non-hydrogen) atoms. The van der Waals surface area contributed by atoms with E-state index in [1.165, 1.54) is 13.8 Å². The molecule has 0 saturated heterocycles. The van der Waals surface area contributed by atoms with Gasteiger partial charge < -0.3 is 10.4 Å². The van der Waals surface area contributed by atoms with Crippen LogP contribution in [0.1, 0.15) is 30.9 Å². The molecular weight excluding hydrogens is 329 g/mol. The Bertz CT molecular complexity index is 794. The Balaban J connectivity index is 2.86. The molecule has 1 aromatic rings. The van der Waals surface area contributed by atoms with E-state index in [1.807, 2.05) is 0 Å². The summed E-state index contributed by atoms with van der Waals surface area (Å²) in [5.41, 5.74) is -1.56. The van der Waals surface area contributed by atoms with Crippen LogP contribution in [0.4, 0.5) is 13.2 Å². The second kappa shape index (κ2) is 5.99. The van der Waals surface area contributed by atoms with Crippen LogP contribution in [0.25, 0.3) is 0 Å². The molecule has 1 atom stereocenters. The number of hydrogen-bond acceptors (Lipinski definition) is 4. The molecule has 0 fully saturated rings. The predicted octanol–water partition coefficient (Wildman–Crippen LogP) is 2.97. The van der Waals surface area contributed by atoms with E-state index in [2.05, 4.69) is 5.32 Å². The minimum atomic E-state index is -1.72. The van der Waals surface area contributed by atoms with Crippen molar-refractivity contribution in [3.8, 4) is 0 Å². The summed E-state index contributed by atoms with van der Waals surface area (Å²) in [6.07, 6.45) is 0. The molecular formula is C15H13F3N2O4. The maximum Gasteiger partial charge on any atom is 0.334 e. The highest BCUT2D eigenvalue weighted by molar-refractivity contribution is 5.90. The number of carboxylic acids is 1. The number of hydrogen-bond donors (Lipinski definition) is 2. The number of carboxylic acid groups (broad SMARTS) is 1. The number of nitro groups is 1. The molecule has 0 amide bonds. The second-order valence-electron chi connectivity index (χ2n) is 5.37. The first kappa shape index (κ1) is 17.5. The maximum atomic E-state index is 13.9. The first-order valence-electron chi connectivity index (χ1n) is 6.78. The van der Waals surface area contributed by atoms with Crippen molar-refractivity contribution in [2.24, 2.45) is 0 Å². The summed E-state index contributed by atoms with van der Waals surface area (Å²) in [7, 11) is 0. The Morgan fingerprint density at radius 1 is 1.21 bits per heavy atom. The van der Waals surface area contributed by atoms with E-state index in [-0.39, 0.29) is 22.5 Å². The average molecular weight is 342 g/mol. The molecule has 1 aliphatic heterocycles. The fourth-order valence-corrected chi connectivity index (χ4v) is 2.82. The van der Waals surface area contributed by atoms with Crippen LogP contribution in [0.3, 0.4) is 0 Å². The van der Waals surface area contributed by atoms with E-state index in [1.54, 1.807) is 0 Å². The fraction of sp³-hybridized carbons (Fsp3) is 0.267. The number of carbonyl (C=O) groups is 1. The van der Waals surface area contributed by atoms with E-state index in [0.29, 0.717) is 6.07 Å². The van der Waals surface area contributed by atoms with Gasteiger partial charge in [-0.15, -0.1) is 0 Å². The van der Waals surface area contributed by atoms with E-state index in [9.17, 15) is 33.2 Å². The number of allylic oxidation sites excluding steroid dienone is 3. The summed E-state index contributed by atoms with van der Waals surface area (Å²) >= 11 is 0. The molecule has 9 heteroatoms. The Hall–Kier alpha value is -2.84. The van der Waals surface area contributed by atoms with Gasteiger partial charge in [0.1, 0.15) is 5.92 Å². The molecule has 128 valence electrons. The molecule has 0 aliphatic carbocycles. The molecule has 2 rings (SSSR count). The zero-order valence-electron chi connectivity index (χ0n) is 12.9. The van der Waals surface area contributed by atoms with Gasteiger partial charge in [0.2, 0.25) is 0 Å². The molecule has 1 unspecified atom stereocenters. The van der Waals surface area contributed by atoms with Crippen molar-refractivity contribution < 1.29 is 28.0 Å². The monoisotopic (exact) mass is 342 g/mol. The summed E-state index contributed by atoms with van der Waals surface area (Å²) in [6.45, 7) is 3.83. The first-order valence-corrected chi connectivity index (χ1v) is 6.78. The third-order valence-electron chi connectivity index (χ3n) is 3.91. The van der Waals surface area contributed by atoms with Gasteiger partial charge in [0.15, 0.2) is 17.5 Å². The molecule has 1 aromatic carbocycles. The van der Waals surface area contributed by atoms with Crippen molar-refractivity contribution in [3.63, 3.8) is 0 Å². The number of nitrogens with zero attached hydrogens (tertiary/aromatic N) is 1. The first-order chi connectivity index (χ1) is 11.1. The van der Waals surface area contributed by atoms with Crippen LogP contribution >= 0.6 is 0 Å². The van der Waals surface area contributed by atoms with Gasteiger partial charge in [0.25, 0.3) is 5.70 Å². The summed E-state index contributed by atoms with van der Waals surface area (Å²) in [5, 5.41) is 23.4. The van der Waals surface area contributed by atoms with Gasteiger partial charge in [-0.1, -0.05) is 0 Å². The van der Waals surface area contributed by atoms with Gasteiger partial charge in [-0.05, 0) is 38.0 Å². The van der Waals surface area contributed by atoms with Crippen molar-refractivity contribution >= 4 is 5.97 Å². The highest BCUT2D eigenvalue weighted by Crippen LogP contribution is 2.40. The number of halogens is 3. The van der Waals surface area contributed by atoms with Gasteiger partial charge in [-0.25, -0.2) is 18.0 Å². The van der Waals surface area contributed by atoms with Gasteiger partial charge >= 0.3 is 5.97 Å². The van der Waals surface area contributed by atoms with Crippen LogP contribution < -0.4 is 5.32 Å². The van der Waals surface area contributed by atoms with Gasteiger partial charge in [-0.3, -0.25) is 10.1 Å². The predicted molar refractivity (Wildman–Crippen MR) is 77.0 cm³/mol. The summed E-state index contributed by atoms with van der Waals surface area (Å²) in [4.78, 5) is 22.2. The Morgan fingerprint density at radius 3 is 2.29 bits per heavy atom. The van der Waals surface area contributed by atoms with Crippen molar-refractivity contribution in [1.82, 2.24) is 5.32 Å². The lowest BCUT2D eigenvalue weighted by molar-refractivity contribution is -0.431. The van der Waals surface area contributed by atoms with Crippen LogP contribution in [0.2, 0.25) is 0 Å². The molecule has 1 aliphatic rings. The van der Waals surface area contributed by atoms with Crippen molar-refractivity contribution in [2.75, 3.05) is 0 Å². The fourth-order valence-electron chi connectivity index (χ4n) is 2.82.